The van der Waals surface area contributed by atoms with E-state index in [4.69, 9.17) is 9.47 Å². The number of hydrogen-bond acceptors (Lipinski definition) is 3. The van der Waals surface area contributed by atoms with Crippen molar-refractivity contribution in [3.8, 4) is 5.75 Å². The van der Waals surface area contributed by atoms with E-state index in [2.05, 4.69) is 5.32 Å². The van der Waals surface area contributed by atoms with Crippen LogP contribution in [0.5, 0.6) is 5.75 Å². The van der Waals surface area contributed by atoms with Gasteiger partial charge in [-0.3, -0.25) is 4.79 Å². The van der Waals surface area contributed by atoms with E-state index >= 15 is 0 Å². The summed E-state index contributed by atoms with van der Waals surface area (Å²) in [4.78, 5) is 12.3. The van der Waals surface area contributed by atoms with Crippen LogP contribution < -0.4 is 10.1 Å². The predicted octanol–water partition coefficient (Wildman–Crippen LogP) is 3.43. The van der Waals surface area contributed by atoms with Gasteiger partial charge in [-0.05, 0) is 43.7 Å². The zero-order chi connectivity index (χ0) is 16.8. The summed E-state index contributed by atoms with van der Waals surface area (Å²) < 4.78 is 10.7. The summed E-state index contributed by atoms with van der Waals surface area (Å²) in [5.41, 5.74) is 3.79. The van der Waals surface area contributed by atoms with Gasteiger partial charge in [-0.2, -0.15) is 0 Å². The summed E-state index contributed by atoms with van der Waals surface area (Å²) in [5.74, 6) is 0.673. The number of benzene rings is 2. The standard InChI is InChI=1S/C19H23NO3/c1-13-8-14(2)10-16(9-13)19(21)20-12-18(23-4)15-6-5-7-17(11-15)22-3/h5-11,18H,12H2,1-4H3,(H,20,21). The topological polar surface area (TPSA) is 47.6 Å². The Bertz CT molecular complexity index is 662. The predicted molar refractivity (Wildman–Crippen MR) is 91.0 cm³/mol. The highest BCUT2D eigenvalue weighted by Crippen LogP contribution is 2.21. The molecule has 2 aromatic rings. The first kappa shape index (κ1) is 17.0. The third-order valence-corrected chi connectivity index (χ3v) is 3.68. The molecule has 2 aromatic carbocycles. The van der Waals surface area contributed by atoms with Crippen LogP contribution in [0.15, 0.2) is 42.5 Å². The van der Waals surface area contributed by atoms with Crippen LogP contribution in [-0.2, 0) is 4.74 Å². The van der Waals surface area contributed by atoms with Gasteiger partial charge in [-0.15, -0.1) is 0 Å². The molecule has 0 fully saturated rings. The van der Waals surface area contributed by atoms with Crippen LogP contribution in [0.25, 0.3) is 0 Å². The van der Waals surface area contributed by atoms with Crippen molar-refractivity contribution in [2.45, 2.75) is 20.0 Å². The number of carbonyl (C=O) groups excluding carboxylic acids is 1. The Morgan fingerprint density at radius 3 is 2.39 bits per heavy atom. The number of hydrogen-bond donors (Lipinski definition) is 1. The van der Waals surface area contributed by atoms with Gasteiger partial charge < -0.3 is 14.8 Å². The zero-order valence-corrected chi connectivity index (χ0v) is 14.1. The molecule has 0 heterocycles. The fourth-order valence-corrected chi connectivity index (χ4v) is 2.57. The van der Waals surface area contributed by atoms with Crippen molar-refractivity contribution in [1.82, 2.24) is 5.32 Å². The molecule has 4 nitrogen and oxygen atoms in total. The average molecular weight is 313 g/mol. The molecule has 23 heavy (non-hydrogen) atoms. The number of rotatable bonds is 6. The van der Waals surface area contributed by atoms with E-state index in [1.807, 2.05) is 56.3 Å². The van der Waals surface area contributed by atoms with Gasteiger partial charge in [0.2, 0.25) is 0 Å². The largest absolute Gasteiger partial charge is 0.497 e. The second kappa shape index (κ2) is 7.79. The Morgan fingerprint density at radius 2 is 1.78 bits per heavy atom. The molecule has 0 aliphatic rings. The molecular formula is C19H23NO3. The quantitative estimate of drug-likeness (QED) is 0.889. The number of methoxy groups -OCH3 is 2. The lowest BCUT2D eigenvalue weighted by Crippen LogP contribution is -2.29. The van der Waals surface area contributed by atoms with Gasteiger partial charge in [-0.25, -0.2) is 0 Å². The van der Waals surface area contributed by atoms with E-state index in [0.29, 0.717) is 12.1 Å². The number of nitrogens with one attached hydrogen (secondary N) is 1. The van der Waals surface area contributed by atoms with Crippen molar-refractivity contribution < 1.29 is 14.3 Å². The SMILES string of the molecule is COc1cccc(C(CNC(=O)c2cc(C)cc(C)c2)OC)c1. The molecule has 2 rings (SSSR count). The molecule has 1 amide bonds. The van der Waals surface area contributed by atoms with Gasteiger partial charge >= 0.3 is 0 Å². The van der Waals surface area contributed by atoms with E-state index in [-0.39, 0.29) is 12.0 Å². The fourth-order valence-electron chi connectivity index (χ4n) is 2.57. The molecule has 0 saturated carbocycles. The molecule has 0 saturated heterocycles. The summed E-state index contributed by atoms with van der Waals surface area (Å²) in [6, 6.07) is 13.5. The summed E-state index contributed by atoms with van der Waals surface area (Å²) in [6.07, 6.45) is -0.222. The molecule has 0 spiro atoms. The molecular weight excluding hydrogens is 290 g/mol. The second-order valence-corrected chi connectivity index (χ2v) is 5.59. The molecule has 0 aliphatic carbocycles. The average Bonchev–Trinajstić information content (AvgIpc) is 2.54. The van der Waals surface area contributed by atoms with Crippen molar-refractivity contribution in [2.24, 2.45) is 0 Å². The van der Waals surface area contributed by atoms with Gasteiger partial charge in [0.1, 0.15) is 5.75 Å². The Balaban J connectivity index is 2.06. The van der Waals surface area contributed by atoms with Gasteiger partial charge in [0, 0.05) is 19.2 Å². The van der Waals surface area contributed by atoms with Crippen LogP contribution in [0.3, 0.4) is 0 Å². The third kappa shape index (κ3) is 4.57. The van der Waals surface area contributed by atoms with Crippen molar-refractivity contribution in [3.63, 3.8) is 0 Å². The van der Waals surface area contributed by atoms with Gasteiger partial charge in [0.15, 0.2) is 0 Å². The van der Waals surface area contributed by atoms with Crippen LogP contribution in [0.4, 0.5) is 0 Å². The molecule has 4 heteroatoms. The highest BCUT2D eigenvalue weighted by molar-refractivity contribution is 5.94. The Kier molecular flexibility index (Phi) is 5.77. The van der Waals surface area contributed by atoms with Gasteiger partial charge in [0.25, 0.3) is 5.91 Å². The van der Waals surface area contributed by atoms with Crippen molar-refractivity contribution in [3.05, 3.63) is 64.7 Å². The molecule has 122 valence electrons. The maximum Gasteiger partial charge on any atom is 0.251 e. The van der Waals surface area contributed by atoms with Gasteiger partial charge in [0.05, 0.1) is 13.2 Å². The minimum absolute atomic E-state index is 0.0956. The minimum atomic E-state index is -0.222. The first-order valence-electron chi connectivity index (χ1n) is 7.56. The minimum Gasteiger partial charge on any atom is -0.497 e. The third-order valence-electron chi connectivity index (χ3n) is 3.68. The van der Waals surface area contributed by atoms with Crippen LogP contribution in [0, 0.1) is 13.8 Å². The van der Waals surface area contributed by atoms with Crippen LogP contribution in [0.2, 0.25) is 0 Å². The van der Waals surface area contributed by atoms with Crippen molar-refractivity contribution >= 4 is 5.91 Å². The molecule has 1 unspecified atom stereocenters. The summed E-state index contributed by atoms with van der Waals surface area (Å²) in [5, 5.41) is 2.94. The highest BCUT2D eigenvalue weighted by Gasteiger charge is 2.14. The van der Waals surface area contributed by atoms with E-state index in [1.54, 1.807) is 14.2 Å². The van der Waals surface area contributed by atoms with Crippen LogP contribution in [0.1, 0.15) is 33.2 Å². The van der Waals surface area contributed by atoms with Crippen molar-refractivity contribution in [1.29, 1.82) is 0 Å². The van der Waals surface area contributed by atoms with E-state index in [9.17, 15) is 4.79 Å². The fraction of sp³-hybridized carbons (Fsp3) is 0.316. The molecule has 0 radical (unpaired) electrons. The molecule has 0 bridgehead atoms. The van der Waals surface area contributed by atoms with Crippen molar-refractivity contribution in [2.75, 3.05) is 20.8 Å². The van der Waals surface area contributed by atoms with Gasteiger partial charge in [-0.1, -0.05) is 29.3 Å². The summed E-state index contributed by atoms with van der Waals surface area (Å²) in [6.45, 7) is 4.37. The zero-order valence-electron chi connectivity index (χ0n) is 14.1. The van der Waals surface area contributed by atoms with Crippen LogP contribution >= 0.6 is 0 Å². The monoisotopic (exact) mass is 313 g/mol. The summed E-state index contributed by atoms with van der Waals surface area (Å²) >= 11 is 0. The molecule has 0 aromatic heterocycles. The number of aryl methyl sites for hydroxylation is 2. The number of carbonyl (C=O) groups is 1. The normalized spacial score (nSPS) is 11.8. The molecule has 1 atom stereocenters. The Labute approximate surface area is 137 Å². The van der Waals surface area contributed by atoms with E-state index < -0.39 is 0 Å². The first-order chi connectivity index (χ1) is 11.0. The smallest absolute Gasteiger partial charge is 0.251 e. The molecule has 1 N–H and O–H groups in total. The Morgan fingerprint density at radius 1 is 1.09 bits per heavy atom. The lowest BCUT2D eigenvalue weighted by Gasteiger charge is -2.17. The van der Waals surface area contributed by atoms with Crippen LogP contribution in [-0.4, -0.2) is 26.7 Å². The molecule has 0 aliphatic heterocycles. The second-order valence-electron chi connectivity index (χ2n) is 5.59. The number of amides is 1. The lowest BCUT2D eigenvalue weighted by atomic mass is 10.1. The first-order valence-corrected chi connectivity index (χ1v) is 7.56. The summed E-state index contributed by atoms with van der Waals surface area (Å²) in [7, 11) is 3.26. The highest BCUT2D eigenvalue weighted by atomic mass is 16.5. The Hall–Kier alpha value is -2.33. The number of ether oxygens (including phenoxy) is 2. The maximum absolute atomic E-state index is 12.3. The lowest BCUT2D eigenvalue weighted by molar-refractivity contribution is 0.0827. The van der Waals surface area contributed by atoms with E-state index in [1.165, 1.54) is 0 Å². The maximum atomic E-state index is 12.3. The van der Waals surface area contributed by atoms with E-state index in [0.717, 1.165) is 22.4 Å².